The van der Waals surface area contributed by atoms with Gasteiger partial charge in [0.05, 0.1) is 11.1 Å². The van der Waals surface area contributed by atoms with E-state index in [0.29, 0.717) is 10.6 Å². The number of carbonyl (C=O) groups is 1. The molecular formula is C8H5NO3S. The van der Waals surface area contributed by atoms with E-state index in [1.807, 2.05) is 0 Å². The summed E-state index contributed by atoms with van der Waals surface area (Å²) in [7, 11) is 0. The van der Waals surface area contributed by atoms with Crippen LogP contribution in [0.3, 0.4) is 0 Å². The Morgan fingerprint density at radius 1 is 1.54 bits per heavy atom. The first kappa shape index (κ1) is 8.00. The minimum Gasteiger partial charge on any atom is -0.477 e. The van der Waals surface area contributed by atoms with Crippen LogP contribution in [0.25, 0.3) is 10.6 Å². The van der Waals surface area contributed by atoms with Crippen LogP contribution in [0.4, 0.5) is 0 Å². The van der Waals surface area contributed by atoms with Crippen molar-refractivity contribution in [1.82, 2.24) is 4.98 Å². The SMILES string of the molecule is O=C(O)c1ccc(-c2cnco2)s1. The van der Waals surface area contributed by atoms with Gasteiger partial charge in [0.1, 0.15) is 4.88 Å². The van der Waals surface area contributed by atoms with E-state index in [2.05, 4.69) is 4.98 Å². The van der Waals surface area contributed by atoms with Crippen molar-refractivity contribution in [2.45, 2.75) is 0 Å². The third-order valence-corrected chi connectivity index (χ3v) is 2.58. The van der Waals surface area contributed by atoms with Gasteiger partial charge in [-0.1, -0.05) is 0 Å². The summed E-state index contributed by atoms with van der Waals surface area (Å²) < 4.78 is 5.02. The molecule has 0 atom stereocenters. The van der Waals surface area contributed by atoms with Crippen LogP contribution < -0.4 is 0 Å². The molecule has 0 aliphatic heterocycles. The molecule has 1 N–H and O–H groups in total. The third kappa shape index (κ3) is 1.46. The molecule has 66 valence electrons. The van der Waals surface area contributed by atoms with E-state index in [1.165, 1.54) is 17.7 Å². The van der Waals surface area contributed by atoms with Crippen LogP contribution in [-0.4, -0.2) is 16.1 Å². The Kier molecular flexibility index (Phi) is 1.86. The molecule has 0 radical (unpaired) electrons. The first-order chi connectivity index (χ1) is 6.27. The van der Waals surface area contributed by atoms with Crippen molar-refractivity contribution in [2.75, 3.05) is 0 Å². The van der Waals surface area contributed by atoms with Gasteiger partial charge >= 0.3 is 5.97 Å². The number of aromatic nitrogens is 1. The molecule has 5 heteroatoms. The number of thiophene rings is 1. The molecule has 13 heavy (non-hydrogen) atoms. The fourth-order valence-corrected chi connectivity index (χ4v) is 1.72. The summed E-state index contributed by atoms with van der Waals surface area (Å²) in [6.45, 7) is 0. The van der Waals surface area contributed by atoms with Crippen LogP contribution in [0.1, 0.15) is 9.67 Å². The van der Waals surface area contributed by atoms with Crippen molar-refractivity contribution in [3.63, 3.8) is 0 Å². The highest BCUT2D eigenvalue weighted by atomic mass is 32.1. The first-order valence-electron chi connectivity index (χ1n) is 3.49. The number of nitrogens with zero attached hydrogens (tertiary/aromatic N) is 1. The number of hydrogen-bond acceptors (Lipinski definition) is 4. The number of carboxylic acids is 1. The number of hydrogen-bond donors (Lipinski definition) is 1. The standard InChI is InChI=1S/C8H5NO3S/c10-8(11)7-2-1-6(13-7)5-3-9-4-12-5/h1-4H,(H,10,11). The average Bonchev–Trinajstić information content (AvgIpc) is 2.75. The van der Waals surface area contributed by atoms with Crippen LogP contribution in [-0.2, 0) is 0 Å². The van der Waals surface area contributed by atoms with E-state index in [0.717, 1.165) is 4.88 Å². The highest BCUT2D eigenvalue weighted by Crippen LogP contribution is 2.27. The van der Waals surface area contributed by atoms with Crippen LogP contribution >= 0.6 is 11.3 Å². The van der Waals surface area contributed by atoms with Gasteiger partial charge in [-0.25, -0.2) is 9.78 Å². The summed E-state index contributed by atoms with van der Waals surface area (Å²) in [5.74, 6) is -0.326. The van der Waals surface area contributed by atoms with Gasteiger partial charge in [0.25, 0.3) is 0 Å². The van der Waals surface area contributed by atoms with Crippen LogP contribution in [0.15, 0.2) is 29.1 Å². The number of aromatic carboxylic acids is 1. The first-order valence-corrected chi connectivity index (χ1v) is 4.31. The summed E-state index contributed by atoms with van der Waals surface area (Å²) in [6.07, 6.45) is 2.87. The minimum atomic E-state index is -0.921. The fourth-order valence-electron chi connectivity index (χ4n) is 0.923. The van der Waals surface area contributed by atoms with Gasteiger partial charge in [0, 0.05) is 0 Å². The van der Waals surface area contributed by atoms with Gasteiger partial charge in [-0.2, -0.15) is 0 Å². The Morgan fingerprint density at radius 3 is 2.92 bits per heavy atom. The smallest absolute Gasteiger partial charge is 0.345 e. The van der Waals surface area contributed by atoms with E-state index in [4.69, 9.17) is 9.52 Å². The normalized spacial score (nSPS) is 10.2. The molecule has 0 fully saturated rings. The van der Waals surface area contributed by atoms with Gasteiger partial charge < -0.3 is 9.52 Å². The number of rotatable bonds is 2. The van der Waals surface area contributed by atoms with E-state index >= 15 is 0 Å². The Balaban J connectivity index is 2.39. The van der Waals surface area contributed by atoms with Gasteiger partial charge in [-0.15, -0.1) is 11.3 Å². The maximum atomic E-state index is 10.5. The zero-order valence-electron chi connectivity index (χ0n) is 6.43. The largest absolute Gasteiger partial charge is 0.477 e. The summed E-state index contributed by atoms with van der Waals surface area (Å²) >= 11 is 1.17. The zero-order valence-corrected chi connectivity index (χ0v) is 7.25. The van der Waals surface area contributed by atoms with E-state index in [-0.39, 0.29) is 0 Å². The van der Waals surface area contributed by atoms with Crippen molar-refractivity contribution in [2.24, 2.45) is 0 Å². The number of carboxylic acid groups (broad SMARTS) is 1. The molecule has 0 spiro atoms. The monoisotopic (exact) mass is 195 g/mol. The summed E-state index contributed by atoms with van der Waals surface area (Å²) in [5.41, 5.74) is 0. The molecule has 2 heterocycles. The quantitative estimate of drug-likeness (QED) is 0.797. The van der Waals surface area contributed by atoms with Crippen LogP contribution in [0.2, 0.25) is 0 Å². The lowest BCUT2D eigenvalue weighted by atomic mass is 10.4. The maximum Gasteiger partial charge on any atom is 0.345 e. The maximum absolute atomic E-state index is 10.5. The summed E-state index contributed by atoms with van der Waals surface area (Å²) in [5, 5.41) is 8.66. The second-order valence-electron chi connectivity index (χ2n) is 2.33. The molecule has 0 bridgehead atoms. The van der Waals surface area contributed by atoms with Gasteiger partial charge in [-0.05, 0) is 12.1 Å². The van der Waals surface area contributed by atoms with Crippen molar-refractivity contribution in [1.29, 1.82) is 0 Å². The van der Waals surface area contributed by atoms with Crippen LogP contribution in [0, 0.1) is 0 Å². The second-order valence-corrected chi connectivity index (χ2v) is 3.42. The molecule has 0 aliphatic rings. The lowest BCUT2D eigenvalue weighted by molar-refractivity contribution is 0.0702. The topological polar surface area (TPSA) is 63.3 Å². The molecule has 2 aromatic rings. The molecular weight excluding hydrogens is 190 g/mol. The molecule has 4 nitrogen and oxygen atoms in total. The summed E-state index contributed by atoms with van der Waals surface area (Å²) in [4.78, 5) is 15.4. The third-order valence-electron chi connectivity index (χ3n) is 1.49. The van der Waals surface area contributed by atoms with Crippen LogP contribution in [0.5, 0.6) is 0 Å². The lowest BCUT2D eigenvalue weighted by Gasteiger charge is -1.85. The Hall–Kier alpha value is -1.62. The molecule has 0 aromatic carbocycles. The van der Waals surface area contributed by atoms with Gasteiger partial charge in [-0.3, -0.25) is 0 Å². The van der Waals surface area contributed by atoms with Crippen molar-refractivity contribution in [3.05, 3.63) is 29.6 Å². The number of oxazole rings is 1. The van der Waals surface area contributed by atoms with Crippen molar-refractivity contribution < 1.29 is 14.3 Å². The van der Waals surface area contributed by atoms with Crippen molar-refractivity contribution in [3.8, 4) is 10.6 Å². The molecule has 0 aliphatic carbocycles. The molecule has 2 aromatic heterocycles. The van der Waals surface area contributed by atoms with Crippen molar-refractivity contribution >= 4 is 17.3 Å². The zero-order chi connectivity index (χ0) is 9.26. The predicted molar refractivity (Wildman–Crippen MR) is 46.8 cm³/mol. The van der Waals surface area contributed by atoms with Gasteiger partial charge in [0.2, 0.25) is 0 Å². The molecule has 0 unspecified atom stereocenters. The molecule has 2 rings (SSSR count). The Labute approximate surface area is 77.5 Å². The molecule has 0 saturated heterocycles. The van der Waals surface area contributed by atoms with E-state index < -0.39 is 5.97 Å². The minimum absolute atomic E-state index is 0.298. The van der Waals surface area contributed by atoms with E-state index in [1.54, 1.807) is 18.3 Å². The second kappa shape index (κ2) is 3.02. The highest BCUT2D eigenvalue weighted by molar-refractivity contribution is 7.17. The fraction of sp³-hybridized carbons (Fsp3) is 0. The van der Waals surface area contributed by atoms with E-state index in [9.17, 15) is 4.79 Å². The highest BCUT2D eigenvalue weighted by Gasteiger charge is 2.09. The summed E-state index contributed by atoms with van der Waals surface area (Å²) in [6, 6.07) is 3.25. The van der Waals surface area contributed by atoms with Gasteiger partial charge in [0.15, 0.2) is 12.2 Å². The predicted octanol–water partition coefficient (Wildman–Crippen LogP) is 2.10. The Bertz CT molecular complexity index is 418. The Morgan fingerprint density at radius 2 is 2.38 bits per heavy atom. The average molecular weight is 195 g/mol. The lowest BCUT2D eigenvalue weighted by Crippen LogP contribution is -1.89. The molecule has 0 saturated carbocycles. The molecule has 0 amide bonds.